The fourth-order valence-electron chi connectivity index (χ4n) is 3.72. The topological polar surface area (TPSA) is 74.5 Å². The van der Waals surface area contributed by atoms with E-state index in [2.05, 4.69) is 39.8 Å². The summed E-state index contributed by atoms with van der Waals surface area (Å²) in [4.78, 5) is 4.65. The highest BCUT2D eigenvalue weighted by Crippen LogP contribution is 2.36. The fraction of sp³-hybridized carbons (Fsp3) is 0.524. The summed E-state index contributed by atoms with van der Waals surface area (Å²) in [6.45, 7) is 8.99. The molecule has 0 saturated carbocycles. The summed E-state index contributed by atoms with van der Waals surface area (Å²) >= 11 is 0. The van der Waals surface area contributed by atoms with Crippen molar-refractivity contribution in [2.75, 3.05) is 19.6 Å². The first-order valence-electron chi connectivity index (χ1n) is 9.86. The molecule has 0 aliphatic heterocycles. The zero-order valence-corrected chi connectivity index (χ0v) is 16.6. The van der Waals surface area contributed by atoms with Gasteiger partial charge < -0.3 is 15.7 Å². The van der Waals surface area contributed by atoms with Crippen LogP contribution in [-0.4, -0.2) is 40.5 Å². The van der Waals surface area contributed by atoms with Gasteiger partial charge in [-0.15, -0.1) is 0 Å². The van der Waals surface area contributed by atoms with Gasteiger partial charge in [0.2, 0.25) is 0 Å². The number of nitrogens with zero attached hydrogens (tertiary/aromatic N) is 3. The van der Waals surface area contributed by atoms with Crippen LogP contribution in [0.3, 0.4) is 0 Å². The number of aliphatic imine (C=N–C) groups is 1. The molecule has 1 aliphatic carbocycles. The molecule has 0 amide bonds. The van der Waals surface area contributed by atoms with E-state index in [1.807, 2.05) is 36.7 Å². The van der Waals surface area contributed by atoms with Crippen LogP contribution < -0.4 is 10.6 Å². The maximum absolute atomic E-state index is 11.0. The number of nitrogens with one attached hydrogen (secondary N) is 2. The van der Waals surface area contributed by atoms with E-state index in [1.54, 1.807) is 0 Å². The number of hydrogen-bond acceptors (Lipinski definition) is 3. The van der Waals surface area contributed by atoms with E-state index in [-0.39, 0.29) is 0 Å². The Bertz CT molecular complexity index is 798. The lowest BCUT2D eigenvalue weighted by molar-refractivity contribution is 0.0485. The van der Waals surface area contributed by atoms with Crippen molar-refractivity contribution in [3.05, 3.63) is 52.8 Å². The lowest BCUT2D eigenvalue weighted by Gasteiger charge is -2.22. The summed E-state index contributed by atoms with van der Waals surface area (Å²) in [5.41, 5.74) is 3.64. The Kier molecular flexibility index (Phi) is 6.16. The van der Waals surface area contributed by atoms with E-state index in [0.717, 1.165) is 56.1 Å². The summed E-state index contributed by atoms with van der Waals surface area (Å²) < 4.78 is 2.04. The molecule has 146 valence electrons. The van der Waals surface area contributed by atoms with Crippen molar-refractivity contribution in [2.24, 2.45) is 4.99 Å². The van der Waals surface area contributed by atoms with Crippen LogP contribution in [0.4, 0.5) is 0 Å². The molecular formula is C21H31N5O. The number of aliphatic hydroxyl groups is 1. The van der Waals surface area contributed by atoms with Crippen LogP contribution in [0.15, 0.2) is 35.3 Å². The number of hydrogen-bond donors (Lipinski definition) is 3. The normalized spacial score (nSPS) is 19.2. The average molecular weight is 370 g/mol. The van der Waals surface area contributed by atoms with E-state index >= 15 is 0 Å². The third-order valence-electron chi connectivity index (χ3n) is 5.11. The Labute approximate surface area is 161 Å². The van der Waals surface area contributed by atoms with Gasteiger partial charge in [-0.05, 0) is 57.2 Å². The molecule has 0 radical (unpaired) electrons. The first-order chi connectivity index (χ1) is 13.0. The molecule has 1 unspecified atom stereocenters. The molecule has 2 aromatic rings. The molecular weight excluding hydrogens is 338 g/mol. The van der Waals surface area contributed by atoms with Crippen LogP contribution in [0.1, 0.15) is 42.3 Å². The van der Waals surface area contributed by atoms with Crippen LogP contribution in [0, 0.1) is 13.8 Å². The number of guanidine groups is 1. The third-order valence-corrected chi connectivity index (χ3v) is 5.11. The molecule has 6 nitrogen and oxygen atoms in total. The molecule has 3 N–H and O–H groups in total. The van der Waals surface area contributed by atoms with Crippen molar-refractivity contribution in [1.82, 2.24) is 20.4 Å². The minimum absolute atomic E-state index is 0.372. The maximum atomic E-state index is 11.0. The monoisotopic (exact) mass is 369 g/mol. The van der Waals surface area contributed by atoms with Crippen LogP contribution in [0.25, 0.3) is 0 Å². The fourth-order valence-corrected chi connectivity index (χ4v) is 3.72. The highest BCUT2D eigenvalue weighted by molar-refractivity contribution is 5.79. The van der Waals surface area contributed by atoms with Gasteiger partial charge in [-0.25, -0.2) is 4.99 Å². The first kappa shape index (κ1) is 19.4. The van der Waals surface area contributed by atoms with E-state index in [1.165, 1.54) is 11.3 Å². The molecule has 0 spiro atoms. The van der Waals surface area contributed by atoms with Crippen molar-refractivity contribution in [2.45, 2.75) is 52.2 Å². The summed E-state index contributed by atoms with van der Waals surface area (Å²) in [6.07, 6.45) is 2.60. The smallest absolute Gasteiger partial charge is 0.191 e. The number of aromatic nitrogens is 2. The van der Waals surface area contributed by atoms with Gasteiger partial charge in [0.1, 0.15) is 5.60 Å². The van der Waals surface area contributed by atoms with E-state index in [9.17, 15) is 5.11 Å². The number of benzene rings is 1. The molecule has 1 aliphatic rings. The number of rotatable bonds is 7. The molecule has 0 fully saturated rings. The van der Waals surface area contributed by atoms with Crippen molar-refractivity contribution >= 4 is 5.96 Å². The van der Waals surface area contributed by atoms with E-state index in [4.69, 9.17) is 0 Å². The third kappa shape index (κ3) is 4.69. The van der Waals surface area contributed by atoms with Crippen molar-refractivity contribution in [3.63, 3.8) is 0 Å². The van der Waals surface area contributed by atoms with E-state index < -0.39 is 5.60 Å². The zero-order chi connectivity index (χ0) is 19.3. The minimum atomic E-state index is -0.858. The van der Waals surface area contributed by atoms with Gasteiger partial charge in [0.25, 0.3) is 0 Å². The molecule has 3 rings (SSSR count). The molecule has 1 atom stereocenters. The summed E-state index contributed by atoms with van der Waals surface area (Å²) in [7, 11) is 0. The predicted molar refractivity (Wildman–Crippen MR) is 109 cm³/mol. The second-order valence-electron chi connectivity index (χ2n) is 7.31. The van der Waals surface area contributed by atoms with Gasteiger partial charge in [-0.1, -0.05) is 24.3 Å². The quantitative estimate of drug-likeness (QED) is 0.398. The lowest BCUT2D eigenvalue weighted by atomic mass is 9.96. The van der Waals surface area contributed by atoms with Crippen LogP contribution >= 0.6 is 0 Å². The van der Waals surface area contributed by atoms with Crippen molar-refractivity contribution in [3.8, 4) is 0 Å². The molecule has 1 aromatic heterocycles. The molecule has 1 aromatic carbocycles. The largest absolute Gasteiger partial charge is 0.383 e. The Morgan fingerprint density at radius 1 is 1.30 bits per heavy atom. The second-order valence-corrected chi connectivity index (χ2v) is 7.31. The Hall–Kier alpha value is -2.34. The van der Waals surface area contributed by atoms with Gasteiger partial charge in [-0.2, -0.15) is 5.10 Å². The van der Waals surface area contributed by atoms with Crippen molar-refractivity contribution in [1.29, 1.82) is 0 Å². The van der Waals surface area contributed by atoms with Gasteiger partial charge in [0.05, 0.1) is 12.2 Å². The molecule has 1 heterocycles. The highest BCUT2D eigenvalue weighted by Gasteiger charge is 2.36. The van der Waals surface area contributed by atoms with Crippen LogP contribution in [0.2, 0.25) is 0 Å². The second kappa shape index (κ2) is 8.57. The van der Waals surface area contributed by atoms with Gasteiger partial charge in [0.15, 0.2) is 5.96 Å². The minimum Gasteiger partial charge on any atom is -0.383 e. The first-order valence-corrected chi connectivity index (χ1v) is 9.86. The van der Waals surface area contributed by atoms with Crippen LogP contribution in [0.5, 0.6) is 0 Å². The Morgan fingerprint density at radius 3 is 2.85 bits per heavy atom. The molecule has 0 saturated heterocycles. The highest BCUT2D eigenvalue weighted by atomic mass is 16.3. The van der Waals surface area contributed by atoms with E-state index in [0.29, 0.717) is 6.54 Å². The van der Waals surface area contributed by atoms with Gasteiger partial charge in [-0.3, -0.25) is 4.68 Å². The van der Waals surface area contributed by atoms with Crippen LogP contribution in [-0.2, 0) is 18.6 Å². The average Bonchev–Trinajstić information content (AvgIpc) is 3.16. The molecule has 6 heteroatoms. The Morgan fingerprint density at radius 2 is 2.11 bits per heavy atom. The summed E-state index contributed by atoms with van der Waals surface area (Å²) in [5, 5.41) is 22.2. The number of aryl methyl sites for hydroxylation is 4. The maximum Gasteiger partial charge on any atom is 0.191 e. The molecule has 27 heavy (non-hydrogen) atoms. The number of fused-ring (bicyclic) bond motifs is 1. The molecule has 0 bridgehead atoms. The Balaban J connectivity index is 1.55. The standard InChI is InChI=1S/C21H31N5O/c1-4-22-20(23-12-7-13-26-17(3)14-16(2)25-26)24-15-21(27)11-10-18-8-5-6-9-19(18)21/h5-6,8-9,14,27H,4,7,10-13,15H2,1-3H3,(H2,22,23,24). The summed E-state index contributed by atoms with van der Waals surface area (Å²) in [5.74, 6) is 0.753. The van der Waals surface area contributed by atoms with Gasteiger partial charge >= 0.3 is 0 Å². The lowest BCUT2D eigenvalue weighted by Crippen LogP contribution is -2.39. The van der Waals surface area contributed by atoms with Crippen molar-refractivity contribution < 1.29 is 5.11 Å². The SMILES string of the molecule is CCNC(=NCC1(O)CCc2ccccc21)NCCCn1nc(C)cc1C. The zero-order valence-electron chi connectivity index (χ0n) is 16.6. The van der Waals surface area contributed by atoms with Gasteiger partial charge in [0, 0.05) is 25.3 Å². The summed E-state index contributed by atoms with van der Waals surface area (Å²) in [6, 6.07) is 10.2. The predicted octanol–water partition coefficient (Wildman–Crippen LogP) is 2.28.